The zero-order valence-electron chi connectivity index (χ0n) is 15.7. The molecule has 2 aromatic carbocycles. The number of carbonyl (C=O) groups is 2. The Morgan fingerprint density at radius 1 is 0.966 bits per heavy atom. The van der Waals surface area contributed by atoms with Gasteiger partial charge in [0.05, 0.1) is 11.4 Å². The van der Waals surface area contributed by atoms with E-state index in [9.17, 15) is 9.59 Å². The molecule has 146 valence electrons. The van der Waals surface area contributed by atoms with Crippen LogP contribution in [-0.2, 0) is 14.3 Å². The third-order valence-electron chi connectivity index (χ3n) is 4.30. The quantitative estimate of drug-likeness (QED) is 0.602. The van der Waals surface area contributed by atoms with Crippen molar-refractivity contribution in [3.63, 3.8) is 0 Å². The number of ether oxygens (including phenoxy) is 1. The number of esters is 1. The Morgan fingerprint density at radius 2 is 1.55 bits per heavy atom. The van der Waals surface area contributed by atoms with E-state index in [4.69, 9.17) is 4.74 Å². The van der Waals surface area contributed by atoms with Crippen molar-refractivity contribution >= 4 is 41.0 Å². The average molecular weight is 406 g/mol. The first-order chi connectivity index (χ1) is 14.1. The second kappa shape index (κ2) is 8.32. The molecule has 0 aliphatic carbocycles. The summed E-state index contributed by atoms with van der Waals surface area (Å²) in [6.07, 6.45) is 3.19. The van der Waals surface area contributed by atoms with Crippen LogP contribution in [0.1, 0.15) is 0 Å². The van der Waals surface area contributed by atoms with Crippen molar-refractivity contribution in [1.82, 2.24) is 9.97 Å². The summed E-state index contributed by atoms with van der Waals surface area (Å²) in [5.41, 5.74) is 1.57. The lowest BCUT2D eigenvalue weighted by Gasteiger charge is -2.30. The van der Waals surface area contributed by atoms with Crippen LogP contribution < -0.4 is 9.80 Å². The summed E-state index contributed by atoms with van der Waals surface area (Å²) in [5, 5.41) is 0. The summed E-state index contributed by atoms with van der Waals surface area (Å²) in [4.78, 5) is 38.5. The van der Waals surface area contributed by atoms with Gasteiger partial charge in [-0.05, 0) is 30.3 Å². The third kappa shape index (κ3) is 4.07. The van der Waals surface area contributed by atoms with E-state index in [0.29, 0.717) is 5.95 Å². The van der Waals surface area contributed by atoms with Gasteiger partial charge in [0.25, 0.3) is 5.91 Å². The molecule has 0 fully saturated rings. The summed E-state index contributed by atoms with van der Waals surface area (Å²) >= 11 is 1.61. The molecule has 0 radical (unpaired) electrons. The van der Waals surface area contributed by atoms with E-state index in [-0.39, 0.29) is 19.1 Å². The molecule has 1 aliphatic heterocycles. The van der Waals surface area contributed by atoms with Gasteiger partial charge in [-0.2, -0.15) is 0 Å². The molecule has 1 aromatic heterocycles. The van der Waals surface area contributed by atoms with Gasteiger partial charge in [0.1, 0.15) is 6.54 Å². The number of anilines is 3. The van der Waals surface area contributed by atoms with Gasteiger partial charge in [-0.1, -0.05) is 36.0 Å². The van der Waals surface area contributed by atoms with E-state index >= 15 is 0 Å². The predicted octanol–water partition coefficient (Wildman–Crippen LogP) is 3.29. The summed E-state index contributed by atoms with van der Waals surface area (Å²) < 4.78 is 5.25. The number of hydrogen-bond donors (Lipinski definition) is 0. The van der Waals surface area contributed by atoms with Crippen molar-refractivity contribution in [2.45, 2.75) is 9.79 Å². The molecule has 2 heterocycles. The van der Waals surface area contributed by atoms with Crippen molar-refractivity contribution < 1.29 is 14.3 Å². The number of aromatic nitrogens is 2. The molecule has 1 aliphatic rings. The smallest absolute Gasteiger partial charge is 0.326 e. The fraction of sp³-hybridized carbons (Fsp3) is 0.143. The summed E-state index contributed by atoms with van der Waals surface area (Å²) in [5.74, 6) is -0.426. The SMILES string of the molecule is CN(CC(=O)OCC(=O)N1c2ccccc2Sc2ccccc21)c1ncccn1. The Labute approximate surface area is 172 Å². The molecule has 0 bridgehead atoms. The van der Waals surface area contributed by atoms with Crippen molar-refractivity contribution in [3.05, 3.63) is 67.0 Å². The molecule has 0 spiro atoms. The van der Waals surface area contributed by atoms with E-state index in [1.54, 1.807) is 47.1 Å². The van der Waals surface area contributed by atoms with E-state index in [2.05, 4.69) is 9.97 Å². The van der Waals surface area contributed by atoms with Gasteiger partial charge in [-0.25, -0.2) is 9.97 Å². The van der Waals surface area contributed by atoms with Crippen molar-refractivity contribution in [3.8, 4) is 0 Å². The third-order valence-corrected chi connectivity index (χ3v) is 5.43. The van der Waals surface area contributed by atoms with Crippen LogP contribution in [0.25, 0.3) is 0 Å². The van der Waals surface area contributed by atoms with Crippen molar-refractivity contribution in [2.75, 3.05) is 30.0 Å². The first-order valence-electron chi connectivity index (χ1n) is 8.96. The standard InChI is InChI=1S/C21H18N4O3S/c1-24(21-22-11-6-12-23-21)13-20(27)28-14-19(26)25-15-7-2-4-9-17(15)29-18-10-5-3-8-16(18)25/h2-12H,13-14H2,1H3. The van der Waals surface area contributed by atoms with Crippen LogP contribution in [0.3, 0.4) is 0 Å². The number of fused-ring (bicyclic) bond motifs is 2. The highest BCUT2D eigenvalue weighted by Crippen LogP contribution is 2.47. The minimum absolute atomic E-state index is 0.0552. The van der Waals surface area contributed by atoms with Gasteiger partial charge >= 0.3 is 5.97 Å². The molecule has 7 nitrogen and oxygen atoms in total. The predicted molar refractivity (Wildman–Crippen MR) is 110 cm³/mol. The van der Waals surface area contributed by atoms with Gasteiger partial charge in [0.2, 0.25) is 5.95 Å². The number of nitrogens with zero attached hydrogens (tertiary/aromatic N) is 4. The monoisotopic (exact) mass is 406 g/mol. The second-order valence-corrected chi connectivity index (χ2v) is 7.42. The van der Waals surface area contributed by atoms with Gasteiger partial charge in [-0.3, -0.25) is 14.5 Å². The highest BCUT2D eigenvalue weighted by molar-refractivity contribution is 7.99. The molecule has 4 rings (SSSR count). The number of amides is 1. The van der Waals surface area contributed by atoms with Gasteiger partial charge < -0.3 is 9.64 Å². The van der Waals surface area contributed by atoms with Crippen LogP contribution in [0.5, 0.6) is 0 Å². The fourth-order valence-corrected chi connectivity index (χ4v) is 4.04. The molecular formula is C21H18N4O3S. The summed E-state index contributed by atoms with van der Waals surface area (Å²) in [6.45, 7) is -0.407. The van der Waals surface area contributed by atoms with E-state index in [1.165, 1.54) is 0 Å². The van der Waals surface area contributed by atoms with Gasteiger partial charge in [0, 0.05) is 29.2 Å². The maximum atomic E-state index is 13.0. The second-order valence-electron chi connectivity index (χ2n) is 6.33. The van der Waals surface area contributed by atoms with Crippen molar-refractivity contribution in [2.24, 2.45) is 0 Å². The normalized spacial score (nSPS) is 12.0. The highest BCUT2D eigenvalue weighted by Gasteiger charge is 2.28. The number of carbonyl (C=O) groups excluding carboxylic acids is 2. The zero-order chi connectivity index (χ0) is 20.2. The number of likely N-dealkylation sites (N-methyl/N-ethyl adjacent to an activating group) is 1. The molecule has 1 amide bonds. The van der Waals surface area contributed by atoms with E-state index in [1.807, 2.05) is 48.5 Å². The average Bonchev–Trinajstić information content (AvgIpc) is 2.76. The summed E-state index contributed by atoms with van der Waals surface area (Å²) in [7, 11) is 1.69. The number of benzene rings is 2. The molecule has 0 unspecified atom stereocenters. The molecule has 0 atom stereocenters. The molecule has 8 heteroatoms. The van der Waals surface area contributed by atoms with Crippen LogP contribution >= 0.6 is 11.8 Å². The topological polar surface area (TPSA) is 75.6 Å². The van der Waals surface area contributed by atoms with Gasteiger partial charge in [-0.15, -0.1) is 0 Å². The van der Waals surface area contributed by atoms with E-state index < -0.39 is 5.97 Å². The van der Waals surface area contributed by atoms with Crippen LogP contribution in [0.2, 0.25) is 0 Å². The van der Waals surface area contributed by atoms with E-state index in [0.717, 1.165) is 21.2 Å². The number of para-hydroxylation sites is 2. The fourth-order valence-electron chi connectivity index (χ4n) is 2.98. The first-order valence-corrected chi connectivity index (χ1v) is 9.78. The van der Waals surface area contributed by atoms with Gasteiger partial charge in [0.15, 0.2) is 6.61 Å². The molecule has 0 saturated heterocycles. The summed E-state index contributed by atoms with van der Waals surface area (Å²) in [6, 6.07) is 17.0. The maximum absolute atomic E-state index is 13.0. The Morgan fingerprint density at radius 3 is 2.17 bits per heavy atom. The maximum Gasteiger partial charge on any atom is 0.326 e. The van der Waals surface area contributed by atoms with Crippen LogP contribution in [-0.4, -0.2) is 42.0 Å². The Balaban J connectivity index is 1.46. The number of rotatable bonds is 5. The highest BCUT2D eigenvalue weighted by atomic mass is 32.2. The Hall–Kier alpha value is -3.39. The molecule has 29 heavy (non-hydrogen) atoms. The van der Waals surface area contributed by atoms with Crippen molar-refractivity contribution in [1.29, 1.82) is 0 Å². The minimum atomic E-state index is -0.527. The lowest BCUT2D eigenvalue weighted by molar-refractivity contribution is -0.146. The lowest BCUT2D eigenvalue weighted by Crippen LogP contribution is -2.35. The molecule has 0 N–H and O–H groups in total. The van der Waals surface area contributed by atoms with Crippen LogP contribution in [0, 0.1) is 0 Å². The Bertz CT molecular complexity index is 999. The zero-order valence-corrected chi connectivity index (χ0v) is 16.5. The lowest BCUT2D eigenvalue weighted by atomic mass is 10.2. The number of hydrogen-bond acceptors (Lipinski definition) is 7. The molecule has 0 saturated carbocycles. The van der Waals surface area contributed by atoms with Crippen LogP contribution in [0.4, 0.5) is 17.3 Å². The minimum Gasteiger partial charge on any atom is -0.454 e. The molecular weight excluding hydrogens is 388 g/mol. The largest absolute Gasteiger partial charge is 0.454 e. The first kappa shape index (κ1) is 18.9. The molecule has 3 aromatic rings. The Kier molecular flexibility index (Phi) is 5.44. The van der Waals surface area contributed by atoms with Crippen LogP contribution in [0.15, 0.2) is 76.8 Å².